The third-order valence-electron chi connectivity index (χ3n) is 1.32. The van der Waals surface area contributed by atoms with Gasteiger partial charge in [-0.3, -0.25) is 0 Å². The zero-order valence-corrected chi connectivity index (χ0v) is 6.69. The van der Waals surface area contributed by atoms with Gasteiger partial charge in [-0.15, -0.1) is 0 Å². The summed E-state index contributed by atoms with van der Waals surface area (Å²) in [6.45, 7) is 0.265. The SMILES string of the molecule is Cc1nc(CF)cc(C(F)(F)F)n1. The average Bonchev–Trinajstić information content (AvgIpc) is 2.01. The van der Waals surface area contributed by atoms with E-state index in [0.29, 0.717) is 6.07 Å². The van der Waals surface area contributed by atoms with E-state index in [-0.39, 0.29) is 11.5 Å². The van der Waals surface area contributed by atoms with Crippen molar-refractivity contribution >= 4 is 0 Å². The summed E-state index contributed by atoms with van der Waals surface area (Å²) < 4.78 is 48.2. The Morgan fingerprint density at radius 1 is 1.31 bits per heavy atom. The summed E-state index contributed by atoms with van der Waals surface area (Å²) in [6, 6.07) is 0.604. The summed E-state index contributed by atoms with van der Waals surface area (Å²) in [6.07, 6.45) is -4.54. The lowest BCUT2D eigenvalue weighted by atomic mass is 10.3. The lowest BCUT2D eigenvalue weighted by Crippen LogP contribution is -2.10. The predicted octanol–water partition coefficient (Wildman–Crippen LogP) is 2.27. The van der Waals surface area contributed by atoms with Crippen LogP contribution in [0.2, 0.25) is 0 Å². The Hall–Kier alpha value is -1.20. The van der Waals surface area contributed by atoms with Gasteiger partial charge in [-0.2, -0.15) is 13.2 Å². The van der Waals surface area contributed by atoms with Gasteiger partial charge in [0.25, 0.3) is 0 Å². The summed E-state index contributed by atoms with van der Waals surface area (Å²) in [5.41, 5.74) is -1.35. The number of halogens is 4. The molecule has 0 radical (unpaired) electrons. The lowest BCUT2D eigenvalue weighted by molar-refractivity contribution is -0.141. The molecule has 0 bridgehead atoms. The van der Waals surface area contributed by atoms with Crippen LogP contribution in [0.3, 0.4) is 0 Å². The smallest absolute Gasteiger partial charge is 0.244 e. The highest BCUT2D eigenvalue weighted by Gasteiger charge is 2.33. The van der Waals surface area contributed by atoms with Crippen LogP contribution in [0.5, 0.6) is 0 Å². The molecule has 1 rings (SSSR count). The van der Waals surface area contributed by atoms with Gasteiger partial charge >= 0.3 is 6.18 Å². The van der Waals surface area contributed by atoms with Gasteiger partial charge in [0, 0.05) is 0 Å². The molecule has 0 atom stereocenters. The second-order valence-electron chi connectivity index (χ2n) is 2.42. The predicted molar refractivity (Wildman–Crippen MR) is 36.6 cm³/mol. The van der Waals surface area contributed by atoms with Crippen LogP contribution in [0, 0.1) is 6.92 Å². The Morgan fingerprint density at radius 2 is 1.92 bits per heavy atom. The molecule has 1 aromatic rings. The van der Waals surface area contributed by atoms with Gasteiger partial charge in [0.2, 0.25) is 0 Å². The molecule has 6 heteroatoms. The van der Waals surface area contributed by atoms with Crippen LogP contribution >= 0.6 is 0 Å². The maximum Gasteiger partial charge on any atom is 0.433 e. The molecule has 72 valence electrons. The third kappa shape index (κ3) is 2.37. The molecule has 13 heavy (non-hydrogen) atoms. The zero-order chi connectivity index (χ0) is 10.1. The first-order valence-electron chi connectivity index (χ1n) is 3.41. The highest BCUT2D eigenvalue weighted by molar-refractivity contribution is 5.13. The van der Waals surface area contributed by atoms with E-state index >= 15 is 0 Å². The fourth-order valence-corrected chi connectivity index (χ4v) is 0.843. The van der Waals surface area contributed by atoms with Crippen molar-refractivity contribution in [3.05, 3.63) is 23.3 Å². The Labute approximate surface area is 71.6 Å². The van der Waals surface area contributed by atoms with Crippen LogP contribution in [-0.4, -0.2) is 9.97 Å². The van der Waals surface area contributed by atoms with Crippen molar-refractivity contribution in [2.75, 3.05) is 0 Å². The topological polar surface area (TPSA) is 25.8 Å². The average molecular weight is 194 g/mol. The van der Waals surface area contributed by atoms with Crippen molar-refractivity contribution in [1.82, 2.24) is 9.97 Å². The van der Waals surface area contributed by atoms with E-state index < -0.39 is 18.5 Å². The maximum atomic E-state index is 12.1. The molecule has 0 fully saturated rings. The minimum Gasteiger partial charge on any atom is -0.244 e. The van der Waals surface area contributed by atoms with Gasteiger partial charge in [0.15, 0.2) is 0 Å². The van der Waals surface area contributed by atoms with Crippen molar-refractivity contribution in [2.45, 2.75) is 19.8 Å². The quantitative estimate of drug-likeness (QED) is 0.641. The van der Waals surface area contributed by atoms with Crippen LogP contribution in [0.25, 0.3) is 0 Å². The van der Waals surface area contributed by atoms with Crippen LogP contribution in [-0.2, 0) is 12.9 Å². The van der Waals surface area contributed by atoms with E-state index in [9.17, 15) is 17.6 Å². The minimum absolute atomic E-state index is 0.0810. The molecule has 0 saturated heterocycles. The fraction of sp³-hybridized carbons (Fsp3) is 0.429. The Morgan fingerprint density at radius 3 is 2.38 bits per heavy atom. The number of hydrogen-bond donors (Lipinski definition) is 0. The first-order valence-corrected chi connectivity index (χ1v) is 3.41. The highest BCUT2D eigenvalue weighted by Crippen LogP contribution is 2.27. The van der Waals surface area contributed by atoms with E-state index in [4.69, 9.17) is 0 Å². The van der Waals surface area contributed by atoms with E-state index in [0.717, 1.165) is 0 Å². The van der Waals surface area contributed by atoms with Crippen LogP contribution < -0.4 is 0 Å². The van der Waals surface area contributed by atoms with Crippen molar-refractivity contribution in [3.63, 3.8) is 0 Å². The first-order chi connectivity index (χ1) is 5.93. The summed E-state index contributed by atoms with van der Waals surface area (Å²) in [4.78, 5) is 6.63. The molecule has 0 aliphatic heterocycles. The molecular weight excluding hydrogens is 188 g/mol. The van der Waals surface area contributed by atoms with Gasteiger partial charge in [0.05, 0.1) is 5.69 Å². The Bertz CT molecular complexity index is 308. The molecule has 1 aromatic heterocycles. The summed E-state index contributed by atoms with van der Waals surface area (Å²) >= 11 is 0. The second kappa shape index (κ2) is 3.27. The minimum atomic E-state index is -4.54. The van der Waals surface area contributed by atoms with Crippen LogP contribution in [0.1, 0.15) is 17.2 Å². The number of aromatic nitrogens is 2. The van der Waals surface area contributed by atoms with Crippen molar-refractivity contribution in [3.8, 4) is 0 Å². The maximum absolute atomic E-state index is 12.1. The molecule has 0 saturated carbocycles. The normalized spacial score (nSPS) is 11.8. The van der Waals surface area contributed by atoms with E-state index in [1.165, 1.54) is 6.92 Å². The monoisotopic (exact) mass is 194 g/mol. The van der Waals surface area contributed by atoms with Gasteiger partial charge in [-0.05, 0) is 13.0 Å². The molecule has 0 spiro atoms. The molecule has 1 heterocycles. The number of rotatable bonds is 1. The molecule has 0 aliphatic carbocycles. The summed E-state index contributed by atoms with van der Waals surface area (Å²) in [5.74, 6) is -0.0810. The number of alkyl halides is 4. The van der Waals surface area contributed by atoms with Gasteiger partial charge in [-0.1, -0.05) is 0 Å². The Balaban J connectivity index is 3.16. The molecule has 0 unspecified atom stereocenters. The van der Waals surface area contributed by atoms with E-state index in [1.54, 1.807) is 0 Å². The highest BCUT2D eigenvalue weighted by atomic mass is 19.4. The fourth-order valence-electron chi connectivity index (χ4n) is 0.843. The third-order valence-corrected chi connectivity index (χ3v) is 1.32. The molecule has 2 nitrogen and oxygen atoms in total. The van der Waals surface area contributed by atoms with E-state index in [1.807, 2.05) is 0 Å². The van der Waals surface area contributed by atoms with Gasteiger partial charge in [0.1, 0.15) is 18.2 Å². The van der Waals surface area contributed by atoms with Gasteiger partial charge < -0.3 is 0 Å². The number of nitrogens with zero attached hydrogens (tertiary/aromatic N) is 2. The molecular formula is C7H6F4N2. The largest absolute Gasteiger partial charge is 0.433 e. The zero-order valence-electron chi connectivity index (χ0n) is 6.69. The first kappa shape index (κ1) is 9.88. The van der Waals surface area contributed by atoms with E-state index in [2.05, 4.69) is 9.97 Å². The Kier molecular flexibility index (Phi) is 2.49. The standard InChI is InChI=1S/C7H6F4N2/c1-4-12-5(3-8)2-6(13-4)7(9,10)11/h2H,3H2,1H3. The summed E-state index contributed by atoms with van der Waals surface area (Å²) in [5, 5.41) is 0. The van der Waals surface area contributed by atoms with Crippen molar-refractivity contribution < 1.29 is 17.6 Å². The van der Waals surface area contributed by atoms with Gasteiger partial charge in [-0.25, -0.2) is 14.4 Å². The molecule has 0 N–H and O–H groups in total. The molecule has 0 amide bonds. The summed E-state index contributed by atoms with van der Waals surface area (Å²) in [7, 11) is 0. The molecule has 0 aliphatic rings. The van der Waals surface area contributed by atoms with Crippen molar-refractivity contribution in [2.24, 2.45) is 0 Å². The lowest BCUT2D eigenvalue weighted by Gasteiger charge is -2.06. The van der Waals surface area contributed by atoms with Crippen molar-refractivity contribution in [1.29, 1.82) is 0 Å². The number of aryl methyl sites for hydroxylation is 1. The number of hydrogen-bond acceptors (Lipinski definition) is 2. The molecule has 0 aromatic carbocycles. The second-order valence-corrected chi connectivity index (χ2v) is 2.42. The van der Waals surface area contributed by atoms with Crippen LogP contribution in [0.15, 0.2) is 6.07 Å². The van der Waals surface area contributed by atoms with Crippen LogP contribution in [0.4, 0.5) is 17.6 Å².